The number of ether oxygens (including phenoxy) is 1. The first-order chi connectivity index (χ1) is 10.7. The number of nitrogens with zero attached hydrogens (tertiary/aromatic N) is 1. The van der Waals surface area contributed by atoms with Crippen LogP contribution in [-0.4, -0.2) is 49.9 Å². The van der Waals surface area contributed by atoms with Gasteiger partial charge in [-0.1, -0.05) is 20.8 Å². The van der Waals surface area contributed by atoms with E-state index in [1.807, 2.05) is 20.8 Å². The first-order valence-electron chi connectivity index (χ1n) is 8.85. The standard InChI is InChI=1S/C18H35NO4Si/c1-16(2,3)23-15(21)19-12-10-9-11-18(19,13-20)14-22-24(7,8)17(4,5)6/h13H,9-12,14H2,1-8H3. The minimum absolute atomic E-state index is 0.0580. The first kappa shape index (κ1) is 21.2. The van der Waals surface area contributed by atoms with Crippen molar-refractivity contribution in [3.05, 3.63) is 0 Å². The van der Waals surface area contributed by atoms with Crippen LogP contribution in [0.3, 0.4) is 0 Å². The summed E-state index contributed by atoms with van der Waals surface area (Å²) in [6, 6.07) is 0. The monoisotopic (exact) mass is 357 g/mol. The number of amides is 1. The summed E-state index contributed by atoms with van der Waals surface area (Å²) in [7, 11) is -2.00. The molecule has 1 aliphatic heterocycles. The molecule has 0 spiro atoms. The molecule has 0 N–H and O–H groups in total. The number of aldehydes is 1. The van der Waals surface area contributed by atoms with Gasteiger partial charge in [0.1, 0.15) is 17.4 Å². The van der Waals surface area contributed by atoms with Gasteiger partial charge in [0.05, 0.1) is 6.61 Å². The van der Waals surface area contributed by atoms with Crippen molar-refractivity contribution in [1.82, 2.24) is 4.90 Å². The molecule has 0 aromatic carbocycles. The van der Waals surface area contributed by atoms with Crippen LogP contribution in [-0.2, 0) is 14.0 Å². The van der Waals surface area contributed by atoms with E-state index in [1.54, 1.807) is 4.90 Å². The van der Waals surface area contributed by atoms with E-state index in [9.17, 15) is 9.59 Å². The molecule has 0 aromatic rings. The zero-order chi connectivity index (χ0) is 18.8. The molecule has 0 radical (unpaired) electrons. The molecule has 0 saturated carbocycles. The largest absolute Gasteiger partial charge is 0.444 e. The van der Waals surface area contributed by atoms with Crippen LogP contribution >= 0.6 is 0 Å². The Hall–Kier alpha value is -0.883. The number of carbonyl (C=O) groups is 2. The van der Waals surface area contributed by atoms with Gasteiger partial charge in [0.25, 0.3) is 0 Å². The van der Waals surface area contributed by atoms with Gasteiger partial charge in [0.15, 0.2) is 8.32 Å². The summed E-state index contributed by atoms with van der Waals surface area (Å²) in [5, 5.41) is 0.0580. The second-order valence-corrected chi connectivity index (χ2v) is 14.2. The molecule has 24 heavy (non-hydrogen) atoms. The normalized spacial score (nSPS) is 23.1. The SMILES string of the molecule is CC(C)(C)OC(=O)N1CCCCC1(C=O)CO[Si](C)(C)C(C)(C)C. The average Bonchev–Trinajstić information content (AvgIpc) is 2.42. The van der Waals surface area contributed by atoms with E-state index in [0.29, 0.717) is 13.0 Å². The van der Waals surface area contributed by atoms with Crippen molar-refractivity contribution < 1.29 is 18.8 Å². The summed E-state index contributed by atoms with van der Waals surface area (Å²) in [6.07, 6.45) is 2.90. The molecular formula is C18H35NO4Si. The Bertz CT molecular complexity index is 465. The lowest BCUT2D eigenvalue weighted by molar-refractivity contribution is -0.123. The van der Waals surface area contributed by atoms with Crippen molar-refractivity contribution in [2.24, 2.45) is 0 Å². The third kappa shape index (κ3) is 5.05. The Labute approximate surface area is 148 Å². The first-order valence-corrected chi connectivity index (χ1v) is 11.8. The maximum Gasteiger partial charge on any atom is 0.411 e. The number of hydrogen-bond acceptors (Lipinski definition) is 4. The fourth-order valence-electron chi connectivity index (χ4n) is 2.48. The van der Waals surface area contributed by atoms with Crippen LogP contribution in [0.15, 0.2) is 0 Å². The van der Waals surface area contributed by atoms with Gasteiger partial charge < -0.3 is 14.0 Å². The second kappa shape index (κ2) is 7.16. The summed E-state index contributed by atoms with van der Waals surface area (Å²) in [5.74, 6) is 0. The highest BCUT2D eigenvalue weighted by atomic mass is 28.4. The molecule has 1 heterocycles. The molecule has 1 fully saturated rings. The topological polar surface area (TPSA) is 55.8 Å². The predicted molar refractivity (Wildman–Crippen MR) is 98.7 cm³/mol. The van der Waals surface area contributed by atoms with Crippen LogP contribution in [0.25, 0.3) is 0 Å². The number of piperidine rings is 1. The molecule has 1 rings (SSSR count). The molecule has 5 nitrogen and oxygen atoms in total. The lowest BCUT2D eigenvalue weighted by atomic mass is 9.89. The molecule has 1 atom stereocenters. The summed E-state index contributed by atoms with van der Waals surface area (Å²) in [5.41, 5.74) is -1.49. The van der Waals surface area contributed by atoms with Gasteiger partial charge in [-0.25, -0.2) is 4.79 Å². The van der Waals surface area contributed by atoms with Crippen LogP contribution in [0.1, 0.15) is 60.8 Å². The summed E-state index contributed by atoms with van der Waals surface area (Å²) >= 11 is 0. The molecule has 1 unspecified atom stereocenters. The average molecular weight is 358 g/mol. The van der Waals surface area contributed by atoms with E-state index in [4.69, 9.17) is 9.16 Å². The van der Waals surface area contributed by atoms with Crippen molar-refractivity contribution in [2.75, 3.05) is 13.2 Å². The van der Waals surface area contributed by atoms with Crippen LogP contribution in [0.4, 0.5) is 4.79 Å². The molecule has 6 heteroatoms. The molecule has 0 bridgehead atoms. The second-order valence-electron chi connectivity index (χ2n) is 9.36. The zero-order valence-electron chi connectivity index (χ0n) is 16.7. The Morgan fingerprint density at radius 2 is 1.75 bits per heavy atom. The summed E-state index contributed by atoms with van der Waals surface area (Å²) in [4.78, 5) is 26.2. The summed E-state index contributed by atoms with van der Waals surface area (Å²) < 4.78 is 11.8. The third-order valence-corrected chi connectivity index (χ3v) is 9.58. The van der Waals surface area contributed by atoms with Gasteiger partial charge >= 0.3 is 6.09 Å². The van der Waals surface area contributed by atoms with E-state index in [1.165, 1.54) is 0 Å². The van der Waals surface area contributed by atoms with E-state index in [-0.39, 0.29) is 11.6 Å². The van der Waals surface area contributed by atoms with Crippen LogP contribution in [0.5, 0.6) is 0 Å². The fourth-order valence-corrected chi connectivity index (χ4v) is 3.52. The van der Waals surface area contributed by atoms with E-state index in [0.717, 1.165) is 19.1 Å². The molecular weight excluding hydrogens is 322 g/mol. The van der Waals surface area contributed by atoms with Crippen molar-refractivity contribution in [3.8, 4) is 0 Å². The Morgan fingerprint density at radius 1 is 1.17 bits per heavy atom. The fraction of sp³-hybridized carbons (Fsp3) is 0.889. The smallest absolute Gasteiger partial charge is 0.411 e. The highest BCUT2D eigenvalue weighted by molar-refractivity contribution is 6.74. The molecule has 1 saturated heterocycles. The van der Waals surface area contributed by atoms with Crippen molar-refractivity contribution in [2.45, 2.75) is 90.1 Å². The number of carbonyl (C=O) groups excluding carboxylic acids is 2. The van der Waals surface area contributed by atoms with Crippen LogP contribution < -0.4 is 0 Å². The Kier molecular flexibility index (Phi) is 6.31. The van der Waals surface area contributed by atoms with Gasteiger partial charge in [0, 0.05) is 6.54 Å². The Balaban J connectivity index is 2.98. The third-order valence-electron chi connectivity index (χ3n) is 5.10. The van der Waals surface area contributed by atoms with Gasteiger partial charge in [-0.3, -0.25) is 4.90 Å². The minimum Gasteiger partial charge on any atom is -0.444 e. The van der Waals surface area contributed by atoms with Gasteiger partial charge in [-0.05, 0) is 58.2 Å². The van der Waals surface area contributed by atoms with E-state index < -0.39 is 25.6 Å². The lowest BCUT2D eigenvalue weighted by Gasteiger charge is -2.46. The molecule has 1 amide bonds. The lowest BCUT2D eigenvalue weighted by Crippen LogP contribution is -2.61. The highest BCUT2D eigenvalue weighted by Gasteiger charge is 2.46. The highest BCUT2D eigenvalue weighted by Crippen LogP contribution is 2.38. The molecule has 1 aliphatic rings. The predicted octanol–water partition coefficient (Wildman–Crippen LogP) is 4.37. The number of rotatable bonds is 4. The Morgan fingerprint density at radius 3 is 2.21 bits per heavy atom. The van der Waals surface area contributed by atoms with Crippen LogP contribution in [0.2, 0.25) is 18.1 Å². The number of likely N-dealkylation sites (tertiary alicyclic amines) is 1. The zero-order valence-corrected chi connectivity index (χ0v) is 17.7. The van der Waals surface area contributed by atoms with Crippen molar-refractivity contribution in [1.29, 1.82) is 0 Å². The summed E-state index contributed by atoms with van der Waals surface area (Å²) in [6.45, 7) is 17.1. The molecule has 0 aromatic heterocycles. The van der Waals surface area contributed by atoms with Gasteiger partial charge in [0.2, 0.25) is 0 Å². The molecule has 0 aliphatic carbocycles. The van der Waals surface area contributed by atoms with Crippen LogP contribution in [0, 0.1) is 0 Å². The quantitative estimate of drug-likeness (QED) is 0.554. The van der Waals surface area contributed by atoms with E-state index >= 15 is 0 Å². The van der Waals surface area contributed by atoms with Gasteiger partial charge in [-0.15, -0.1) is 0 Å². The van der Waals surface area contributed by atoms with Crippen molar-refractivity contribution in [3.63, 3.8) is 0 Å². The van der Waals surface area contributed by atoms with Gasteiger partial charge in [-0.2, -0.15) is 0 Å². The van der Waals surface area contributed by atoms with E-state index in [2.05, 4.69) is 33.9 Å². The van der Waals surface area contributed by atoms with Crippen molar-refractivity contribution >= 4 is 20.7 Å². The maximum absolute atomic E-state index is 12.6. The minimum atomic E-state index is -2.00. The molecule has 140 valence electrons. The maximum atomic E-state index is 12.6. The number of hydrogen-bond donors (Lipinski definition) is 0.